The molecule has 3 aromatic rings. The normalized spacial score (nSPS) is 11.6. The first-order valence-electron chi connectivity index (χ1n) is 6.89. The summed E-state index contributed by atoms with van der Waals surface area (Å²) in [6.07, 6.45) is 2.12. The summed E-state index contributed by atoms with van der Waals surface area (Å²) in [5, 5.41) is 4.62. The van der Waals surface area contributed by atoms with Crippen molar-refractivity contribution < 1.29 is 0 Å². The molecule has 1 aromatic carbocycles. The van der Waals surface area contributed by atoms with Gasteiger partial charge in [0, 0.05) is 29.6 Å². The lowest BCUT2D eigenvalue weighted by Gasteiger charge is -2.04. The van der Waals surface area contributed by atoms with Crippen molar-refractivity contribution in [1.82, 2.24) is 9.55 Å². The molecule has 0 radical (unpaired) electrons. The predicted octanol–water partition coefficient (Wildman–Crippen LogP) is 3.73. The minimum Gasteiger partial charge on any atom is -0.341 e. The number of nitrogens with zero attached hydrogens (tertiary/aromatic N) is 2. The van der Waals surface area contributed by atoms with Crippen molar-refractivity contribution in [3.63, 3.8) is 0 Å². The molecular weight excluding hydrogens is 266 g/mol. The number of hydrogen-bond donors (Lipinski definition) is 1. The molecule has 3 rings (SSSR count). The molecule has 0 spiro atoms. The highest BCUT2D eigenvalue weighted by molar-refractivity contribution is 7.09. The number of rotatable bonds is 4. The zero-order chi connectivity index (χ0) is 14.1. The van der Waals surface area contributed by atoms with E-state index in [0.29, 0.717) is 12.5 Å². The molecule has 0 fully saturated rings. The molecule has 0 amide bonds. The fourth-order valence-corrected chi connectivity index (χ4v) is 3.18. The Hall–Kier alpha value is -1.65. The van der Waals surface area contributed by atoms with Crippen LogP contribution in [-0.4, -0.2) is 9.55 Å². The zero-order valence-electron chi connectivity index (χ0n) is 11.8. The summed E-state index contributed by atoms with van der Waals surface area (Å²) in [4.78, 5) is 4.70. The second kappa shape index (κ2) is 5.38. The molecular formula is C16H19N3S. The van der Waals surface area contributed by atoms with Crippen LogP contribution in [0.3, 0.4) is 0 Å². The van der Waals surface area contributed by atoms with Crippen molar-refractivity contribution >= 4 is 22.2 Å². The maximum Gasteiger partial charge on any atom is 0.0954 e. The summed E-state index contributed by atoms with van der Waals surface area (Å²) >= 11 is 1.75. The van der Waals surface area contributed by atoms with Crippen LogP contribution >= 0.6 is 11.3 Å². The molecule has 2 N–H and O–H groups in total. The topological polar surface area (TPSA) is 43.8 Å². The van der Waals surface area contributed by atoms with Crippen LogP contribution in [-0.2, 0) is 13.1 Å². The Bertz CT molecular complexity index is 724. The molecule has 104 valence electrons. The van der Waals surface area contributed by atoms with Crippen molar-refractivity contribution in [3.05, 3.63) is 52.1 Å². The molecule has 0 saturated carbocycles. The fourth-order valence-electron chi connectivity index (χ4n) is 2.35. The Balaban J connectivity index is 1.90. The highest BCUT2D eigenvalue weighted by atomic mass is 32.1. The van der Waals surface area contributed by atoms with Crippen LogP contribution < -0.4 is 5.73 Å². The van der Waals surface area contributed by atoms with Gasteiger partial charge in [-0.1, -0.05) is 19.9 Å². The van der Waals surface area contributed by atoms with E-state index in [4.69, 9.17) is 10.7 Å². The lowest BCUT2D eigenvalue weighted by atomic mass is 10.1. The summed E-state index contributed by atoms with van der Waals surface area (Å²) in [6.45, 7) is 5.78. The Morgan fingerprint density at radius 2 is 2.15 bits per heavy atom. The van der Waals surface area contributed by atoms with Crippen LogP contribution in [0.2, 0.25) is 0 Å². The average molecular weight is 285 g/mol. The van der Waals surface area contributed by atoms with Crippen LogP contribution in [0.25, 0.3) is 10.9 Å². The number of fused-ring (bicyclic) bond motifs is 1. The van der Waals surface area contributed by atoms with Crippen molar-refractivity contribution in [2.45, 2.75) is 32.9 Å². The van der Waals surface area contributed by atoms with Gasteiger partial charge in [-0.2, -0.15) is 0 Å². The standard InChI is InChI=1S/C16H19N3S/c1-11(2)16-18-14(10-20-16)9-19-6-5-13-7-12(8-17)3-4-15(13)19/h3-7,10-11H,8-9,17H2,1-2H3. The smallest absolute Gasteiger partial charge is 0.0954 e. The highest BCUT2D eigenvalue weighted by Gasteiger charge is 2.08. The molecule has 0 unspecified atom stereocenters. The first-order valence-corrected chi connectivity index (χ1v) is 7.77. The van der Waals surface area contributed by atoms with Crippen molar-refractivity contribution in [1.29, 1.82) is 0 Å². The zero-order valence-corrected chi connectivity index (χ0v) is 12.7. The molecule has 4 heteroatoms. The highest BCUT2D eigenvalue weighted by Crippen LogP contribution is 2.22. The van der Waals surface area contributed by atoms with E-state index in [0.717, 1.165) is 12.2 Å². The second-order valence-corrected chi connectivity index (χ2v) is 6.26. The third-order valence-electron chi connectivity index (χ3n) is 3.47. The van der Waals surface area contributed by atoms with Gasteiger partial charge in [0.2, 0.25) is 0 Å². The van der Waals surface area contributed by atoms with Gasteiger partial charge < -0.3 is 10.3 Å². The van der Waals surface area contributed by atoms with Gasteiger partial charge in [0.1, 0.15) is 0 Å². The van der Waals surface area contributed by atoms with Gasteiger partial charge in [-0.15, -0.1) is 11.3 Å². The van der Waals surface area contributed by atoms with Gasteiger partial charge in [-0.3, -0.25) is 0 Å². The molecule has 0 aliphatic rings. The third-order valence-corrected chi connectivity index (χ3v) is 4.66. The number of nitrogens with two attached hydrogens (primary N) is 1. The second-order valence-electron chi connectivity index (χ2n) is 5.37. The number of thiazole rings is 1. The molecule has 0 aliphatic carbocycles. The third kappa shape index (κ3) is 2.49. The molecule has 0 saturated heterocycles. The van der Waals surface area contributed by atoms with Crippen molar-refractivity contribution in [3.8, 4) is 0 Å². The van der Waals surface area contributed by atoms with Gasteiger partial charge in [0.15, 0.2) is 0 Å². The van der Waals surface area contributed by atoms with E-state index in [1.165, 1.54) is 21.5 Å². The monoisotopic (exact) mass is 285 g/mol. The molecule has 20 heavy (non-hydrogen) atoms. The van der Waals surface area contributed by atoms with E-state index < -0.39 is 0 Å². The summed E-state index contributed by atoms with van der Waals surface area (Å²) < 4.78 is 2.24. The first-order chi connectivity index (χ1) is 9.67. The largest absolute Gasteiger partial charge is 0.341 e. The molecule has 2 heterocycles. The van der Waals surface area contributed by atoms with Gasteiger partial charge in [0.25, 0.3) is 0 Å². The average Bonchev–Trinajstić information content (AvgIpc) is 3.06. The van der Waals surface area contributed by atoms with Crippen LogP contribution in [0.5, 0.6) is 0 Å². The van der Waals surface area contributed by atoms with Crippen LogP contribution in [0, 0.1) is 0 Å². The Kier molecular flexibility index (Phi) is 3.59. The lowest BCUT2D eigenvalue weighted by molar-refractivity contribution is 0.787. The maximum atomic E-state index is 5.69. The molecule has 0 aliphatic heterocycles. The summed E-state index contributed by atoms with van der Waals surface area (Å²) in [7, 11) is 0. The van der Waals surface area contributed by atoms with E-state index in [1.807, 2.05) is 0 Å². The van der Waals surface area contributed by atoms with Gasteiger partial charge in [0.05, 0.1) is 17.2 Å². The fraction of sp³-hybridized carbons (Fsp3) is 0.312. The summed E-state index contributed by atoms with van der Waals surface area (Å²) in [5.74, 6) is 0.502. The summed E-state index contributed by atoms with van der Waals surface area (Å²) in [6, 6.07) is 8.54. The van der Waals surface area contributed by atoms with Crippen molar-refractivity contribution in [2.24, 2.45) is 5.73 Å². The first kappa shape index (κ1) is 13.3. The number of aromatic nitrogens is 2. The molecule has 0 bridgehead atoms. The minimum atomic E-state index is 0.502. The maximum absolute atomic E-state index is 5.69. The van der Waals surface area contributed by atoms with E-state index in [1.54, 1.807) is 11.3 Å². The van der Waals surface area contributed by atoms with Crippen molar-refractivity contribution in [2.75, 3.05) is 0 Å². The van der Waals surface area contributed by atoms with E-state index in [-0.39, 0.29) is 0 Å². The lowest BCUT2D eigenvalue weighted by Crippen LogP contribution is -1.99. The Morgan fingerprint density at radius 1 is 1.30 bits per heavy atom. The Labute approximate surface area is 123 Å². The minimum absolute atomic E-state index is 0.502. The van der Waals surface area contributed by atoms with E-state index in [2.05, 4.69) is 54.3 Å². The van der Waals surface area contributed by atoms with E-state index in [9.17, 15) is 0 Å². The van der Waals surface area contributed by atoms with Crippen LogP contribution in [0.4, 0.5) is 0 Å². The number of hydrogen-bond acceptors (Lipinski definition) is 3. The van der Waals surface area contributed by atoms with Crippen LogP contribution in [0.15, 0.2) is 35.8 Å². The van der Waals surface area contributed by atoms with E-state index >= 15 is 0 Å². The predicted molar refractivity (Wildman–Crippen MR) is 85.1 cm³/mol. The van der Waals surface area contributed by atoms with Crippen LogP contribution in [0.1, 0.15) is 36.0 Å². The molecule has 3 nitrogen and oxygen atoms in total. The number of benzene rings is 1. The molecule has 2 aromatic heterocycles. The SMILES string of the molecule is CC(C)c1nc(Cn2ccc3cc(CN)ccc32)cs1. The van der Waals surface area contributed by atoms with Gasteiger partial charge >= 0.3 is 0 Å². The summed E-state index contributed by atoms with van der Waals surface area (Å²) in [5.41, 5.74) is 9.23. The Morgan fingerprint density at radius 3 is 2.85 bits per heavy atom. The van der Waals surface area contributed by atoms with Gasteiger partial charge in [-0.25, -0.2) is 4.98 Å². The van der Waals surface area contributed by atoms with Gasteiger partial charge in [-0.05, 0) is 29.1 Å². The molecule has 0 atom stereocenters. The quantitative estimate of drug-likeness (QED) is 0.794.